The summed E-state index contributed by atoms with van der Waals surface area (Å²) in [7, 11) is 3.11. The van der Waals surface area contributed by atoms with Crippen LogP contribution in [0.3, 0.4) is 0 Å². The van der Waals surface area contributed by atoms with E-state index >= 15 is 0 Å². The quantitative estimate of drug-likeness (QED) is 0.159. The maximum absolute atomic E-state index is 14.1. The molecular formula is C32H36BrN3O5. The van der Waals surface area contributed by atoms with E-state index in [0.717, 1.165) is 24.8 Å². The molecule has 0 fully saturated rings. The molecule has 1 amide bonds. The predicted octanol–water partition coefficient (Wildman–Crippen LogP) is 6.46. The fourth-order valence-corrected chi connectivity index (χ4v) is 5.34. The van der Waals surface area contributed by atoms with Crippen LogP contribution in [0.5, 0.6) is 11.5 Å². The van der Waals surface area contributed by atoms with E-state index in [1.807, 2.05) is 55.5 Å². The van der Waals surface area contributed by atoms with Gasteiger partial charge in [0.05, 0.1) is 47.9 Å². The molecule has 9 heteroatoms. The molecule has 4 rings (SSSR count). The van der Waals surface area contributed by atoms with E-state index in [1.54, 1.807) is 41.9 Å². The number of methoxy groups -OCH3 is 2. The lowest BCUT2D eigenvalue weighted by Gasteiger charge is -2.31. The highest BCUT2D eigenvalue weighted by Crippen LogP contribution is 2.37. The minimum atomic E-state index is -0.541. The van der Waals surface area contributed by atoms with Crippen molar-refractivity contribution in [2.45, 2.75) is 45.8 Å². The van der Waals surface area contributed by atoms with Gasteiger partial charge < -0.3 is 19.1 Å². The maximum Gasteiger partial charge on any atom is 0.266 e. The zero-order chi connectivity index (χ0) is 29.4. The molecule has 0 aliphatic rings. The summed E-state index contributed by atoms with van der Waals surface area (Å²) in [5, 5.41) is 0.465. The number of halogens is 1. The molecule has 0 spiro atoms. The van der Waals surface area contributed by atoms with Crippen molar-refractivity contribution < 1.29 is 19.0 Å². The Balaban J connectivity index is 1.80. The maximum atomic E-state index is 14.1. The molecule has 4 aromatic rings. The molecule has 41 heavy (non-hydrogen) atoms. The van der Waals surface area contributed by atoms with Gasteiger partial charge in [0, 0.05) is 18.7 Å². The van der Waals surface area contributed by atoms with Gasteiger partial charge in [0.1, 0.15) is 23.9 Å². The zero-order valence-corrected chi connectivity index (χ0v) is 25.5. The van der Waals surface area contributed by atoms with Gasteiger partial charge in [-0.25, -0.2) is 4.98 Å². The molecule has 1 atom stereocenters. The molecule has 3 aromatic carbocycles. The summed E-state index contributed by atoms with van der Waals surface area (Å²) in [6.07, 6.45) is 2.80. The molecule has 0 aliphatic heterocycles. The highest BCUT2D eigenvalue weighted by molar-refractivity contribution is 9.10. The number of unbranched alkanes of at least 4 members (excludes halogenated alkanes) is 2. The van der Waals surface area contributed by atoms with Crippen LogP contribution < -0.4 is 15.0 Å². The van der Waals surface area contributed by atoms with E-state index < -0.39 is 6.04 Å². The molecule has 0 saturated heterocycles. The van der Waals surface area contributed by atoms with E-state index in [1.165, 1.54) is 0 Å². The van der Waals surface area contributed by atoms with E-state index in [4.69, 9.17) is 19.2 Å². The second-order valence-corrected chi connectivity index (χ2v) is 10.5. The molecule has 0 radical (unpaired) electrons. The molecule has 1 unspecified atom stereocenters. The van der Waals surface area contributed by atoms with Gasteiger partial charge in [-0.15, -0.1) is 0 Å². The number of rotatable bonds is 13. The first kappa shape index (κ1) is 30.3. The molecule has 1 aromatic heterocycles. The summed E-state index contributed by atoms with van der Waals surface area (Å²) in [6, 6.07) is 19.9. The van der Waals surface area contributed by atoms with Gasteiger partial charge in [-0.1, -0.05) is 62.2 Å². The standard InChI is InChI=1S/C32H36BrN3O5/c1-5-6-12-17-35(29(37)21-41-20-23-13-8-7-9-14-23)22(2)31-34-26-16-11-10-15-25(26)32(38)36(31)27-18-24(39-3)19-28(40-4)30(27)33/h7-11,13-16,18-19,22H,5-6,12,17,20-21H2,1-4H3. The van der Waals surface area contributed by atoms with Gasteiger partial charge in [-0.05, 0) is 47.0 Å². The SMILES string of the molecule is CCCCCN(C(=O)COCc1ccccc1)C(C)c1nc2ccccc2c(=O)n1-c1cc(OC)cc(OC)c1Br. The molecule has 0 saturated carbocycles. The third kappa shape index (κ3) is 6.97. The number of aromatic nitrogens is 2. The van der Waals surface area contributed by atoms with E-state index in [-0.39, 0.29) is 18.1 Å². The lowest BCUT2D eigenvalue weighted by molar-refractivity contribution is -0.139. The minimum Gasteiger partial charge on any atom is -0.497 e. The summed E-state index contributed by atoms with van der Waals surface area (Å²) in [5.41, 5.74) is 1.80. The van der Waals surface area contributed by atoms with Crippen molar-refractivity contribution >= 4 is 32.7 Å². The second-order valence-electron chi connectivity index (χ2n) is 9.74. The molecule has 8 nitrogen and oxygen atoms in total. The Morgan fingerprint density at radius 3 is 2.46 bits per heavy atom. The Morgan fingerprint density at radius 2 is 1.76 bits per heavy atom. The summed E-state index contributed by atoms with van der Waals surface area (Å²) in [5.74, 6) is 1.28. The van der Waals surface area contributed by atoms with Crippen molar-refractivity contribution in [1.82, 2.24) is 14.5 Å². The first-order chi connectivity index (χ1) is 19.9. The van der Waals surface area contributed by atoms with Crippen LogP contribution in [0.25, 0.3) is 16.6 Å². The third-order valence-electron chi connectivity index (χ3n) is 6.99. The van der Waals surface area contributed by atoms with Gasteiger partial charge in [-0.3, -0.25) is 14.2 Å². The number of fused-ring (bicyclic) bond motifs is 1. The second kappa shape index (κ2) is 14.3. The highest BCUT2D eigenvalue weighted by atomic mass is 79.9. The first-order valence-electron chi connectivity index (χ1n) is 13.7. The van der Waals surface area contributed by atoms with E-state index in [0.29, 0.717) is 51.5 Å². The molecular weight excluding hydrogens is 586 g/mol. The fourth-order valence-electron chi connectivity index (χ4n) is 4.77. The van der Waals surface area contributed by atoms with Crippen molar-refractivity contribution in [1.29, 1.82) is 0 Å². The van der Waals surface area contributed by atoms with Gasteiger partial charge in [0.25, 0.3) is 5.56 Å². The molecule has 216 valence electrons. The fraction of sp³-hybridized carbons (Fsp3) is 0.344. The van der Waals surface area contributed by atoms with Crippen LogP contribution in [-0.4, -0.2) is 47.7 Å². The molecule has 0 N–H and O–H groups in total. The van der Waals surface area contributed by atoms with Crippen molar-refractivity contribution in [3.05, 3.63) is 92.9 Å². The summed E-state index contributed by atoms with van der Waals surface area (Å²) in [4.78, 5) is 34.4. The largest absolute Gasteiger partial charge is 0.497 e. The molecule has 0 aliphatic carbocycles. The summed E-state index contributed by atoms with van der Waals surface area (Å²) >= 11 is 3.63. The van der Waals surface area contributed by atoms with Crippen molar-refractivity contribution in [3.63, 3.8) is 0 Å². The van der Waals surface area contributed by atoms with Crippen LogP contribution in [0.1, 0.15) is 50.5 Å². The predicted molar refractivity (Wildman–Crippen MR) is 164 cm³/mol. The van der Waals surface area contributed by atoms with Crippen molar-refractivity contribution in [2.75, 3.05) is 27.4 Å². The number of para-hydroxylation sites is 1. The van der Waals surface area contributed by atoms with Crippen LogP contribution in [-0.2, 0) is 16.1 Å². The van der Waals surface area contributed by atoms with Gasteiger partial charge in [0.15, 0.2) is 0 Å². The van der Waals surface area contributed by atoms with Crippen LogP contribution >= 0.6 is 15.9 Å². The highest BCUT2D eigenvalue weighted by Gasteiger charge is 2.28. The smallest absolute Gasteiger partial charge is 0.266 e. The number of amides is 1. The normalized spacial score (nSPS) is 11.8. The van der Waals surface area contributed by atoms with Crippen molar-refractivity contribution in [3.8, 4) is 17.2 Å². The summed E-state index contributed by atoms with van der Waals surface area (Å²) < 4.78 is 19.0. The Labute approximate surface area is 249 Å². The summed E-state index contributed by atoms with van der Waals surface area (Å²) in [6.45, 7) is 4.78. The Morgan fingerprint density at radius 1 is 1.02 bits per heavy atom. The lowest BCUT2D eigenvalue weighted by atomic mass is 10.1. The zero-order valence-electron chi connectivity index (χ0n) is 23.9. The molecule has 0 bridgehead atoms. The average Bonchev–Trinajstić information content (AvgIpc) is 3.00. The van der Waals surface area contributed by atoms with Crippen LogP contribution in [0.4, 0.5) is 0 Å². The first-order valence-corrected chi connectivity index (χ1v) is 14.5. The number of carbonyl (C=O) groups is 1. The Bertz CT molecular complexity index is 1540. The lowest BCUT2D eigenvalue weighted by Crippen LogP contribution is -2.40. The third-order valence-corrected chi connectivity index (χ3v) is 7.79. The number of benzene rings is 3. The minimum absolute atomic E-state index is 0.0835. The number of hydrogen-bond donors (Lipinski definition) is 0. The van der Waals surface area contributed by atoms with Crippen LogP contribution in [0.2, 0.25) is 0 Å². The van der Waals surface area contributed by atoms with Crippen molar-refractivity contribution in [2.24, 2.45) is 0 Å². The van der Waals surface area contributed by atoms with Crippen LogP contribution in [0.15, 0.2) is 76.0 Å². The van der Waals surface area contributed by atoms with Crippen LogP contribution in [0, 0.1) is 0 Å². The van der Waals surface area contributed by atoms with E-state index in [9.17, 15) is 9.59 Å². The average molecular weight is 623 g/mol. The topological polar surface area (TPSA) is 82.9 Å². The number of nitrogens with zero attached hydrogens (tertiary/aromatic N) is 3. The van der Waals surface area contributed by atoms with Gasteiger partial charge >= 0.3 is 0 Å². The van der Waals surface area contributed by atoms with E-state index in [2.05, 4.69) is 22.9 Å². The van der Waals surface area contributed by atoms with Gasteiger partial charge in [0.2, 0.25) is 5.91 Å². The molecule has 1 heterocycles. The number of ether oxygens (including phenoxy) is 3. The Kier molecular flexibility index (Phi) is 10.5. The number of hydrogen-bond acceptors (Lipinski definition) is 6. The Hall–Kier alpha value is -3.69. The monoisotopic (exact) mass is 621 g/mol. The number of carbonyl (C=O) groups excluding carboxylic acids is 1. The van der Waals surface area contributed by atoms with Gasteiger partial charge in [-0.2, -0.15) is 0 Å².